The number of hydrogen-bond donors (Lipinski definition) is 0. The molecule has 0 saturated heterocycles. The number of esters is 1. The highest BCUT2D eigenvalue weighted by Gasteiger charge is 2.31. The maximum atomic E-state index is 12.5. The van der Waals surface area contributed by atoms with Crippen molar-refractivity contribution in [2.75, 3.05) is 13.2 Å². The monoisotopic (exact) mass is 418 g/mol. The molecule has 0 saturated carbocycles. The first-order chi connectivity index (χ1) is 13.7. The van der Waals surface area contributed by atoms with Crippen molar-refractivity contribution in [3.8, 4) is 0 Å². The van der Waals surface area contributed by atoms with Crippen LogP contribution in [0.15, 0.2) is 65.6 Å². The van der Waals surface area contributed by atoms with Crippen LogP contribution in [-0.2, 0) is 19.0 Å². The first-order valence-electron chi connectivity index (χ1n) is 9.89. The lowest BCUT2D eigenvalue weighted by molar-refractivity contribution is 0.0216. The quantitative estimate of drug-likeness (QED) is 0.410. The lowest BCUT2D eigenvalue weighted by Crippen LogP contribution is -2.33. The topological polar surface area (TPSA) is 69.7 Å². The third kappa shape index (κ3) is 6.68. The van der Waals surface area contributed by atoms with Crippen LogP contribution >= 0.6 is 0 Å². The molecule has 0 aliphatic heterocycles. The molecule has 0 aliphatic carbocycles. The van der Waals surface area contributed by atoms with E-state index >= 15 is 0 Å². The molecule has 5 nitrogen and oxygen atoms in total. The summed E-state index contributed by atoms with van der Waals surface area (Å²) in [6.07, 6.45) is 0. The number of carbonyl (C=O) groups is 1. The van der Waals surface area contributed by atoms with E-state index in [0.717, 1.165) is 0 Å². The van der Waals surface area contributed by atoms with Gasteiger partial charge in [-0.15, -0.1) is 0 Å². The second kappa shape index (κ2) is 10.6. The van der Waals surface area contributed by atoms with Crippen LogP contribution in [0.3, 0.4) is 0 Å². The SMILES string of the molecule is CC(C)C(COC(=O)c1ccccc1)C(COS(=O)(=O)c1ccccc1)C(C)C. The van der Waals surface area contributed by atoms with Gasteiger partial charge in [-0.2, -0.15) is 8.42 Å². The Labute approximate surface area is 174 Å². The van der Waals surface area contributed by atoms with E-state index in [1.54, 1.807) is 42.5 Å². The van der Waals surface area contributed by atoms with Gasteiger partial charge in [-0.25, -0.2) is 4.79 Å². The lowest BCUT2D eigenvalue weighted by Gasteiger charge is -2.32. The van der Waals surface area contributed by atoms with Crippen molar-refractivity contribution in [3.05, 3.63) is 66.2 Å². The summed E-state index contributed by atoms with van der Waals surface area (Å²) in [5.74, 6) is -0.153. The molecule has 2 rings (SSSR count). The number of rotatable bonds is 10. The van der Waals surface area contributed by atoms with Crippen LogP contribution < -0.4 is 0 Å². The fraction of sp³-hybridized carbons (Fsp3) is 0.435. The predicted molar refractivity (Wildman–Crippen MR) is 113 cm³/mol. The van der Waals surface area contributed by atoms with E-state index in [1.807, 2.05) is 33.8 Å². The molecule has 2 aromatic rings. The van der Waals surface area contributed by atoms with Crippen molar-refractivity contribution in [1.82, 2.24) is 0 Å². The Morgan fingerprint density at radius 1 is 0.793 bits per heavy atom. The number of carbonyl (C=O) groups excluding carboxylic acids is 1. The minimum atomic E-state index is -3.83. The average molecular weight is 419 g/mol. The third-order valence-electron chi connectivity index (χ3n) is 5.13. The first-order valence-corrected chi connectivity index (χ1v) is 11.3. The van der Waals surface area contributed by atoms with Crippen LogP contribution in [0.5, 0.6) is 0 Å². The van der Waals surface area contributed by atoms with Crippen LogP contribution in [0.25, 0.3) is 0 Å². The number of hydrogen-bond acceptors (Lipinski definition) is 5. The molecule has 0 aliphatic rings. The van der Waals surface area contributed by atoms with Crippen molar-refractivity contribution in [1.29, 1.82) is 0 Å². The highest BCUT2D eigenvalue weighted by molar-refractivity contribution is 7.86. The zero-order valence-corrected chi connectivity index (χ0v) is 18.3. The summed E-state index contributed by atoms with van der Waals surface area (Å²) in [7, 11) is -3.83. The number of ether oxygens (including phenoxy) is 1. The zero-order valence-electron chi connectivity index (χ0n) is 17.4. The van der Waals surface area contributed by atoms with Gasteiger partial charge in [0.1, 0.15) is 0 Å². The Hall–Kier alpha value is -2.18. The van der Waals surface area contributed by atoms with Gasteiger partial charge < -0.3 is 4.74 Å². The van der Waals surface area contributed by atoms with Crippen LogP contribution in [0.2, 0.25) is 0 Å². The molecule has 2 atom stereocenters. The molecule has 0 aromatic heterocycles. The second-order valence-corrected chi connectivity index (χ2v) is 9.45. The highest BCUT2D eigenvalue weighted by atomic mass is 32.2. The summed E-state index contributed by atoms with van der Waals surface area (Å²) in [6, 6.07) is 16.9. The molecule has 2 aromatic carbocycles. The van der Waals surface area contributed by atoms with E-state index in [9.17, 15) is 13.2 Å². The van der Waals surface area contributed by atoms with Crippen LogP contribution in [0, 0.1) is 23.7 Å². The Balaban J connectivity index is 2.07. The van der Waals surface area contributed by atoms with Gasteiger partial charge in [0.2, 0.25) is 0 Å². The van der Waals surface area contributed by atoms with Crippen molar-refractivity contribution in [2.24, 2.45) is 23.7 Å². The van der Waals surface area contributed by atoms with E-state index in [4.69, 9.17) is 8.92 Å². The van der Waals surface area contributed by atoms with E-state index in [2.05, 4.69) is 0 Å². The lowest BCUT2D eigenvalue weighted by atomic mass is 9.78. The van der Waals surface area contributed by atoms with Gasteiger partial charge in [0.25, 0.3) is 10.1 Å². The van der Waals surface area contributed by atoms with Gasteiger partial charge in [-0.05, 0) is 42.0 Å². The molecule has 0 amide bonds. The summed E-state index contributed by atoms with van der Waals surface area (Å²) >= 11 is 0. The fourth-order valence-corrected chi connectivity index (χ4v) is 4.24. The number of benzene rings is 2. The normalized spacial score (nSPS) is 14.0. The molecular formula is C23H30O5S. The zero-order chi connectivity index (χ0) is 21.4. The summed E-state index contributed by atoms with van der Waals surface area (Å²) in [5.41, 5.74) is 0.499. The molecule has 0 radical (unpaired) electrons. The Morgan fingerprint density at radius 2 is 1.28 bits per heavy atom. The van der Waals surface area contributed by atoms with Crippen LogP contribution in [0.4, 0.5) is 0 Å². The second-order valence-electron chi connectivity index (χ2n) is 7.83. The summed E-state index contributed by atoms with van der Waals surface area (Å²) in [4.78, 5) is 12.5. The molecule has 0 fully saturated rings. The maximum absolute atomic E-state index is 12.5. The van der Waals surface area contributed by atoms with E-state index in [-0.39, 0.29) is 47.8 Å². The molecule has 6 heteroatoms. The van der Waals surface area contributed by atoms with Gasteiger partial charge in [0.15, 0.2) is 0 Å². The smallest absolute Gasteiger partial charge is 0.338 e. The minimum Gasteiger partial charge on any atom is -0.462 e. The first kappa shape index (κ1) is 23.1. The van der Waals surface area contributed by atoms with E-state index in [0.29, 0.717) is 5.56 Å². The largest absolute Gasteiger partial charge is 0.462 e. The Morgan fingerprint density at radius 3 is 1.79 bits per heavy atom. The average Bonchev–Trinajstić information content (AvgIpc) is 2.70. The minimum absolute atomic E-state index is 0.0337. The Kier molecular flexibility index (Phi) is 8.41. The van der Waals surface area contributed by atoms with Crippen molar-refractivity contribution >= 4 is 16.1 Å². The summed E-state index contributed by atoms with van der Waals surface area (Å²) < 4.78 is 35.9. The molecule has 0 heterocycles. The molecule has 0 spiro atoms. The standard InChI is InChI=1S/C23H30O5S/c1-17(2)21(15-27-23(24)19-11-7-5-8-12-19)22(18(3)4)16-28-29(25,26)20-13-9-6-10-14-20/h5-14,17-18,21-22H,15-16H2,1-4H3. The third-order valence-corrected chi connectivity index (χ3v) is 6.42. The summed E-state index contributed by atoms with van der Waals surface area (Å²) in [5, 5.41) is 0. The molecule has 0 bridgehead atoms. The van der Waals surface area contributed by atoms with Gasteiger partial charge >= 0.3 is 5.97 Å². The highest BCUT2D eigenvalue weighted by Crippen LogP contribution is 2.29. The van der Waals surface area contributed by atoms with Crippen LogP contribution in [0.1, 0.15) is 38.1 Å². The van der Waals surface area contributed by atoms with E-state index < -0.39 is 10.1 Å². The molecular weight excluding hydrogens is 388 g/mol. The van der Waals surface area contributed by atoms with Gasteiger partial charge in [-0.3, -0.25) is 4.18 Å². The molecule has 2 unspecified atom stereocenters. The van der Waals surface area contributed by atoms with Crippen molar-refractivity contribution in [3.63, 3.8) is 0 Å². The van der Waals surface area contributed by atoms with E-state index in [1.165, 1.54) is 12.1 Å². The Bertz CT molecular complexity index is 861. The van der Waals surface area contributed by atoms with Crippen molar-refractivity contribution < 1.29 is 22.1 Å². The summed E-state index contributed by atoms with van der Waals surface area (Å²) in [6.45, 7) is 8.39. The van der Waals surface area contributed by atoms with Crippen molar-refractivity contribution in [2.45, 2.75) is 32.6 Å². The van der Waals surface area contributed by atoms with Gasteiger partial charge in [0, 0.05) is 5.92 Å². The molecule has 29 heavy (non-hydrogen) atoms. The molecule has 0 N–H and O–H groups in total. The maximum Gasteiger partial charge on any atom is 0.338 e. The van der Waals surface area contributed by atoms with Gasteiger partial charge in [0.05, 0.1) is 23.7 Å². The fourth-order valence-electron chi connectivity index (χ4n) is 3.27. The molecule has 158 valence electrons. The van der Waals surface area contributed by atoms with Gasteiger partial charge in [-0.1, -0.05) is 64.1 Å². The van der Waals surface area contributed by atoms with Crippen LogP contribution in [-0.4, -0.2) is 27.6 Å². The predicted octanol–water partition coefficient (Wildman–Crippen LogP) is 4.79.